The summed E-state index contributed by atoms with van der Waals surface area (Å²) in [6, 6.07) is 0. The first kappa shape index (κ1) is 11.3. The van der Waals surface area contributed by atoms with Gasteiger partial charge in [-0.2, -0.15) is 0 Å². The molecule has 0 fully saturated rings. The largest absolute Gasteiger partial charge is 0.123 e. The first-order valence-electron chi connectivity index (χ1n) is 4.84. The van der Waals surface area contributed by atoms with Crippen LogP contribution in [0.4, 0.5) is 0 Å². The van der Waals surface area contributed by atoms with Gasteiger partial charge in [0.05, 0.1) is 0 Å². The van der Waals surface area contributed by atoms with Crippen LogP contribution in [0, 0.1) is 5.92 Å². The molecule has 0 aromatic heterocycles. The average molecular weight is 177 g/mol. The molecule has 0 aliphatic heterocycles. The molecule has 0 bridgehead atoms. The lowest BCUT2D eigenvalue weighted by Crippen LogP contribution is -2.04. The Morgan fingerprint density at radius 1 is 1.27 bits per heavy atom. The van der Waals surface area contributed by atoms with Crippen LogP contribution in [0.25, 0.3) is 0 Å². The second-order valence-electron chi connectivity index (χ2n) is 3.49. The van der Waals surface area contributed by atoms with Crippen LogP contribution in [0.15, 0.2) is 0 Å². The van der Waals surface area contributed by atoms with Gasteiger partial charge in [0.15, 0.2) is 0 Å². The predicted molar refractivity (Wildman–Crippen MR) is 53.2 cm³/mol. The standard InChI is InChI=1S/C10H21Cl/c1-4-6-7-10(11)8-9(3)5-2/h9-10H,4-8H2,1-3H3/t9?,10-/m0/s1. The monoisotopic (exact) mass is 176 g/mol. The fraction of sp³-hybridized carbons (Fsp3) is 1.00. The molecule has 0 aliphatic carbocycles. The van der Waals surface area contributed by atoms with Crippen molar-refractivity contribution in [2.45, 2.75) is 58.3 Å². The van der Waals surface area contributed by atoms with Crippen LogP contribution in [0.5, 0.6) is 0 Å². The highest BCUT2D eigenvalue weighted by Gasteiger charge is 2.07. The molecular weight excluding hydrogens is 156 g/mol. The van der Waals surface area contributed by atoms with Gasteiger partial charge in [-0.25, -0.2) is 0 Å². The maximum absolute atomic E-state index is 6.13. The first-order valence-corrected chi connectivity index (χ1v) is 5.28. The molecular formula is C10H21Cl. The van der Waals surface area contributed by atoms with Gasteiger partial charge < -0.3 is 0 Å². The number of hydrogen-bond donors (Lipinski definition) is 0. The molecule has 11 heavy (non-hydrogen) atoms. The minimum Gasteiger partial charge on any atom is -0.123 e. The highest BCUT2D eigenvalue weighted by atomic mass is 35.5. The van der Waals surface area contributed by atoms with E-state index in [1.54, 1.807) is 0 Å². The van der Waals surface area contributed by atoms with Crippen molar-refractivity contribution in [1.82, 2.24) is 0 Å². The third-order valence-corrected chi connectivity index (χ3v) is 2.62. The number of alkyl halides is 1. The molecule has 0 rings (SSSR count). The molecule has 0 amide bonds. The lowest BCUT2D eigenvalue weighted by Gasteiger charge is -2.12. The highest BCUT2D eigenvalue weighted by Crippen LogP contribution is 2.18. The molecule has 0 aliphatic rings. The molecule has 0 aromatic carbocycles. The minimum atomic E-state index is 0.421. The fourth-order valence-electron chi connectivity index (χ4n) is 1.15. The summed E-state index contributed by atoms with van der Waals surface area (Å²) in [5, 5.41) is 0.421. The van der Waals surface area contributed by atoms with E-state index in [0.29, 0.717) is 5.38 Å². The van der Waals surface area contributed by atoms with Gasteiger partial charge in [0.2, 0.25) is 0 Å². The van der Waals surface area contributed by atoms with Gasteiger partial charge in [0.25, 0.3) is 0 Å². The number of hydrogen-bond acceptors (Lipinski definition) is 0. The van der Waals surface area contributed by atoms with E-state index in [1.807, 2.05) is 0 Å². The van der Waals surface area contributed by atoms with Crippen molar-refractivity contribution in [2.75, 3.05) is 0 Å². The van der Waals surface area contributed by atoms with Crippen molar-refractivity contribution in [3.8, 4) is 0 Å². The molecule has 0 heterocycles. The Kier molecular flexibility index (Phi) is 7.15. The first-order chi connectivity index (χ1) is 5.20. The summed E-state index contributed by atoms with van der Waals surface area (Å²) in [4.78, 5) is 0. The van der Waals surface area contributed by atoms with Crippen molar-refractivity contribution < 1.29 is 0 Å². The summed E-state index contributed by atoms with van der Waals surface area (Å²) in [6.07, 6.45) is 6.20. The summed E-state index contributed by atoms with van der Waals surface area (Å²) >= 11 is 6.13. The Labute approximate surface area is 76.3 Å². The molecule has 0 nitrogen and oxygen atoms in total. The smallest absolute Gasteiger partial charge is 0.0338 e. The number of unbranched alkanes of at least 4 members (excludes halogenated alkanes) is 1. The van der Waals surface area contributed by atoms with Crippen molar-refractivity contribution >= 4 is 11.6 Å². The zero-order chi connectivity index (χ0) is 8.69. The molecule has 1 unspecified atom stereocenters. The quantitative estimate of drug-likeness (QED) is 0.532. The normalized spacial score (nSPS) is 16.4. The van der Waals surface area contributed by atoms with E-state index in [-0.39, 0.29) is 0 Å². The Bertz CT molecular complexity index is 80.9. The summed E-state index contributed by atoms with van der Waals surface area (Å²) < 4.78 is 0. The van der Waals surface area contributed by atoms with Gasteiger partial charge in [-0.05, 0) is 18.8 Å². The fourth-order valence-corrected chi connectivity index (χ4v) is 1.61. The lowest BCUT2D eigenvalue weighted by molar-refractivity contribution is 0.482. The molecule has 0 N–H and O–H groups in total. The maximum Gasteiger partial charge on any atom is 0.0338 e. The van der Waals surface area contributed by atoms with Crippen LogP contribution in [-0.4, -0.2) is 5.38 Å². The zero-order valence-electron chi connectivity index (χ0n) is 8.07. The lowest BCUT2D eigenvalue weighted by atomic mass is 10.00. The van der Waals surface area contributed by atoms with Gasteiger partial charge >= 0.3 is 0 Å². The third-order valence-electron chi connectivity index (χ3n) is 2.23. The summed E-state index contributed by atoms with van der Waals surface area (Å²) in [6.45, 7) is 6.72. The SMILES string of the molecule is CCCC[C@H](Cl)CC(C)CC. The van der Waals surface area contributed by atoms with Gasteiger partial charge in [-0.3, -0.25) is 0 Å². The Hall–Kier alpha value is 0.290. The molecule has 0 spiro atoms. The second kappa shape index (κ2) is 6.97. The van der Waals surface area contributed by atoms with Crippen LogP contribution in [0.2, 0.25) is 0 Å². The summed E-state index contributed by atoms with van der Waals surface area (Å²) in [7, 11) is 0. The molecule has 0 aromatic rings. The van der Waals surface area contributed by atoms with Gasteiger partial charge in [-0.15, -0.1) is 11.6 Å². The third kappa shape index (κ3) is 6.68. The average Bonchev–Trinajstić information content (AvgIpc) is 2.00. The van der Waals surface area contributed by atoms with E-state index in [0.717, 1.165) is 5.92 Å². The van der Waals surface area contributed by atoms with Crippen LogP contribution in [-0.2, 0) is 0 Å². The Morgan fingerprint density at radius 3 is 2.36 bits per heavy atom. The Morgan fingerprint density at radius 2 is 1.91 bits per heavy atom. The van der Waals surface area contributed by atoms with Crippen LogP contribution >= 0.6 is 11.6 Å². The number of halogens is 1. The molecule has 0 radical (unpaired) electrons. The van der Waals surface area contributed by atoms with Gasteiger partial charge in [-0.1, -0.05) is 40.0 Å². The van der Waals surface area contributed by atoms with E-state index in [1.165, 1.54) is 32.1 Å². The van der Waals surface area contributed by atoms with Crippen LogP contribution in [0.1, 0.15) is 52.9 Å². The summed E-state index contributed by atoms with van der Waals surface area (Å²) in [5.41, 5.74) is 0. The maximum atomic E-state index is 6.13. The topological polar surface area (TPSA) is 0 Å². The van der Waals surface area contributed by atoms with E-state index < -0.39 is 0 Å². The van der Waals surface area contributed by atoms with E-state index >= 15 is 0 Å². The van der Waals surface area contributed by atoms with E-state index in [9.17, 15) is 0 Å². The van der Waals surface area contributed by atoms with Gasteiger partial charge in [0, 0.05) is 5.38 Å². The highest BCUT2D eigenvalue weighted by molar-refractivity contribution is 6.20. The predicted octanol–water partition coefficient (Wildman–Crippen LogP) is 4.22. The second-order valence-corrected chi connectivity index (χ2v) is 4.11. The molecule has 2 atom stereocenters. The van der Waals surface area contributed by atoms with Crippen molar-refractivity contribution in [1.29, 1.82) is 0 Å². The van der Waals surface area contributed by atoms with Crippen LogP contribution < -0.4 is 0 Å². The number of rotatable bonds is 6. The minimum absolute atomic E-state index is 0.421. The van der Waals surface area contributed by atoms with Crippen molar-refractivity contribution in [3.05, 3.63) is 0 Å². The summed E-state index contributed by atoms with van der Waals surface area (Å²) in [5.74, 6) is 0.800. The van der Waals surface area contributed by atoms with E-state index in [2.05, 4.69) is 20.8 Å². The molecule has 0 saturated carbocycles. The molecule has 1 heteroatoms. The van der Waals surface area contributed by atoms with Crippen molar-refractivity contribution in [3.63, 3.8) is 0 Å². The van der Waals surface area contributed by atoms with E-state index in [4.69, 9.17) is 11.6 Å². The van der Waals surface area contributed by atoms with Gasteiger partial charge in [0.1, 0.15) is 0 Å². The van der Waals surface area contributed by atoms with Crippen LogP contribution in [0.3, 0.4) is 0 Å². The molecule has 0 saturated heterocycles. The molecule has 68 valence electrons. The van der Waals surface area contributed by atoms with Crippen molar-refractivity contribution in [2.24, 2.45) is 5.92 Å². The Balaban J connectivity index is 3.27. The zero-order valence-corrected chi connectivity index (χ0v) is 8.82.